The molecule has 2 heterocycles. The molecule has 1 atom stereocenters. The summed E-state index contributed by atoms with van der Waals surface area (Å²) in [6.07, 6.45) is 7.09. The number of carbonyl (C=O) groups is 1. The molecule has 7 heteroatoms. The highest BCUT2D eigenvalue weighted by atomic mass is 19.1. The predicted molar refractivity (Wildman–Crippen MR) is 94.4 cm³/mol. The lowest BCUT2D eigenvalue weighted by Crippen LogP contribution is -2.11. The van der Waals surface area contributed by atoms with Gasteiger partial charge in [0.15, 0.2) is 5.78 Å². The molecule has 0 saturated carbocycles. The normalized spacial score (nSPS) is 12.2. The van der Waals surface area contributed by atoms with E-state index in [0.717, 1.165) is 37.1 Å². The van der Waals surface area contributed by atoms with Gasteiger partial charge in [-0.15, -0.1) is 0 Å². The number of halogens is 1. The molecule has 0 aliphatic heterocycles. The average molecular weight is 356 g/mol. The van der Waals surface area contributed by atoms with Crippen molar-refractivity contribution in [2.75, 3.05) is 0 Å². The van der Waals surface area contributed by atoms with E-state index in [1.165, 1.54) is 18.4 Å². The van der Waals surface area contributed by atoms with Crippen molar-refractivity contribution in [1.82, 2.24) is 14.9 Å². The van der Waals surface area contributed by atoms with E-state index in [2.05, 4.69) is 14.8 Å². The number of aromatic nitrogens is 3. The maximum Gasteiger partial charge on any atom is 0.184 e. The lowest BCUT2D eigenvalue weighted by atomic mass is 10.0. The van der Waals surface area contributed by atoms with E-state index in [1.807, 2.05) is 12.3 Å². The van der Waals surface area contributed by atoms with E-state index < -0.39 is 0 Å². The molecule has 0 unspecified atom stereocenters. The summed E-state index contributed by atoms with van der Waals surface area (Å²) < 4.78 is 19.3. The Morgan fingerprint density at radius 1 is 1.15 bits per heavy atom. The van der Waals surface area contributed by atoms with Crippen LogP contribution in [0.5, 0.6) is 0 Å². The molecular formula is C19H21FN4O2. The van der Waals surface area contributed by atoms with Crippen LogP contribution in [0, 0.1) is 5.82 Å². The van der Waals surface area contributed by atoms with Crippen LogP contribution >= 0.6 is 0 Å². The Balaban J connectivity index is 1.42. The summed E-state index contributed by atoms with van der Waals surface area (Å²) in [5.74, 6) is -0.277. The van der Waals surface area contributed by atoms with Crippen molar-refractivity contribution in [2.45, 2.75) is 38.1 Å². The van der Waals surface area contributed by atoms with Crippen molar-refractivity contribution in [3.8, 4) is 5.69 Å². The number of nitrogens with two attached hydrogens (primary N) is 1. The standard InChI is InChI=1S/C19H21FN4O2/c20-14-6-8-15(9-7-14)24-12-10-17(22-24)16(21)4-2-1-3-5-19(25)18-11-13-26-23-18/h6-13,16H,1-5,21H2/t16-/m0/s1. The van der Waals surface area contributed by atoms with Crippen LogP contribution in [0.1, 0.15) is 54.3 Å². The first kappa shape index (κ1) is 18.0. The fraction of sp³-hybridized carbons (Fsp3) is 0.316. The van der Waals surface area contributed by atoms with Gasteiger partial charge < -0.3 is 10.3 Å². The first-order valence-electron chi connectivity index (χ1n) is 8.64. The second-order valence-electron chi connectivity index (χ2n) is 6.18. The molecule has 136 valence electrons. The van der Waals surface area contributed by atoms with Crippen molar-refractivity contribution in [2.24, 2.45) is 5.73 Å². The maximum absolute atomic E-state index is 13.0. The Hall–Kier alpha value is -2.80. The van der Waals surface area contributed by atoms with Gasteiger partial charge in [0.2, 0.25) is 0 Å². The first-order chi connectivity index (χ1) is 12.6. The Morgan fingerprint density at radius 2 is 1.96 bits per heavy atom. The molecule has 0 bridgehead atoms. The van der Waals surface area contributed by atoms with Crippen molar-refractivity contribution in [1.29, 1.82) is 0 Å². The quantitative estimate of drug-likeness (QED) is 0.465. The average Bonchev–Trinajstić information content (AvgIpc) is 3.34. The second-order valence-corrected chi connectivity index (χ2v) is 6.18. The Bertz CT molecular complexity index is 828. The van der Waals surface area contributed by atoms with Crippen molar-refractivity contribution < 1.29 is 13.7 Å². The maximum atomic E-state index is 13.0. The van der Waals surface area contributed by atoms with Crippen LogP contribution in [0.2, 0.25) is 0 Å². The van der Waals surface area contributed by atoms with Crippen LogP contribution in [-0.2, 0) is 0 Å². The Morgan fingerprint density at radius 3 is 2.69 bits per heavy atom. The lowest BCUT2D eigenvalue weighted by molar-refractivity contribution is 0.0970. The summed E-state index contributed by atoms with van der Waals surface area (Å²) in [6.45, 7) is 0. The molecule has 2 aromatic heterocycles. The van der Waals surface area contributed by atoms with E-state index in [-0.39, 0.29) is 17.6 Å². The number of benzene rings is 1. The number of hydrogen-bond acceptors (Lipinski definition) is 5. The molecule has 0 radical (unpaired) electrons. The van der Waals surface area contributed by atoms with Crippen LogP contribution in [0.25, 0.3) is 5.69 Å². The predicted octanol–water partition coefficient (Wildman–Crippen LogP) is 3.83. The van der Waals surface area contributed by atoms with Crippen molar-refractivity contribution in [3.63, 3.8) is 0 Å². The summed E-state index contributed by atoms with van der Waals surface area (Å²) in [4.78, 5) is 11.8. The van der Waals surface area contributed by atoms with E-state index in [0.29, 0.717) is 12.1 Å². The van der Waals surface area contributed by atoms with E-state index in [4.69, 9.17) is 5.73 Å². The molecule has 0 saturated heterocycles. The molecule has 2 N–H and O–H groups in total. The van der Waals surface area contributed by atoms with Crippen molar-refractivity contribution in [3.05, 3.63) is 66.1 Å². The number of unbranched alkanes of at least 4 members (excludes halogenated alkanes) is 2. The van der Waals surface area contributed by atoms with Gasteiger partial charge in [-0.3, -0.25) is 4.79 Å². The summed E-state index contributed by atoms with van der Waals surface area (Å²) >= 11 is 0. The molecule has 1 aromatic carbocycles. The van der Waals surface area contributed by atoms with Crippen LogP contribution < -0.4 is 5.73 Å². The lowest BCUT2D eigenvalue weighted by Gasteiger charge is -2.08. The number of carbonyl (C=O) groups excluding carboxylic acids is 1. The molecule has 0 amide bonds. The highest BCUT2D eigenvalue weighted by molar-refractivity contribution is 5.93. The highest BCUT2D eigenvalue weighted by Gasteiger charge is 2.11. The third-order valence-corrected chi connectivity index (χ3v) is 4.22. The number of hydrogen-bond donors (Lipinski definition) is 1. The third kappa shape index (κ3) is 4.64. The fourth-order valence-corrected chi connectivity index (χ4v) is 2.73. The van der Waals surface area contributed by atoms with Crippen molar-refractivity contribution >= 4 is 5.78 Å². The Labute approximate surface area is 150 Å². The molecule has 3 rings (SSSR count). The number of Topliss-reactive ketones (excluding diaryl/α,β-unsaturated/α-hetero) is 1. The summed E-state index contributed by atoms with van der Waals surface area (Å²) in [5.41, 5.74) is 8.17. The van der Waals surface area contributed by atoms with Gasteiger partial charge in [-0.2, -0.15) is 5.10 Å². The summed E-state index contributed by atoms with van der Waals surface area (Å²) in [7, 11) is 0. The smallest absolute Gasteiger partial charge is 0.184 e. The van der Waals surface area contributed by atoms with Gasteiger partial charge in [0, 0.05) is 24.7 Å². The van der Waals surface area contributed by atoms with E-state index in [1.54, 1.807) is 22.9 Å². The molecule has 3 aromatic rings. The third-order valence-electron chi connectivity index (χ3n) is 4.22. The first-order valence-corrected chi connectivity index (χ1v) is 8.64. The topological polar surface area (TPSA) is 86.9 Å². The fourth-order valence-electron chi connectivity index (χ4n) is 2.73. The van der Waals surface area contributed by atoms with Gasteiger partial charge in [-0.05, 0) is 43.2 Å². The summed E-state index contributed by atoms with van der Waals surface area (Å²) in [6, 6.07) is 9.43. The van der Waals surface area contributed by atoms with Crippen LogP contribution in [0.4, 0.5) is 4.39 Å². The number of ketones is 1. The zero-order valence-corrected chi connectivity index (χ0v) is 14.3. The molecule has 0 aliphatic rings. The second kappa shape index (κ2) is 8.53. The molecule has 0 aliphatic carbocycles. The highest BCUT2D eigenvalue weighted by Crippen LogP contribution is 2.18. The molecule has 0 fully saturated rings. The van der Waals surface area contributed by atoms with Gasteiger partial charge >= 0.3 is 0 Å². The molecule has 0 spiro atoms. The van der Waals surface area contributed by atoms with Crippen LogP contribution in [0.3, 0.4) is 0 Å². The minimum Gasteiger partial charge on any atom is -0.364 e. The zero-order chi connectivity index (χ0) is 18.4. The molecular weight excluding hydrogens is 335 g/mol. The van der Waals surface area contributed by atoms with Gasteiger partial charge in [0.1, 0.15) is 17.8 Å². The molecule has 6 nitrogen and oxygen atoms in total. The van der Waals surface area contributed by atoms with Gasteiger partial charge in [-0.25, -0.2) is 9.07 Å². The zero-order valence-electron chi connectivity index (χ0n) is 14.3. The van der Waals surface area contributed by atoms with E-state index in [9.17, 15) is 9.18 Å². The van der Waals surface area contributed by atoms with Gasteiger partial charge in [0.05, 0.1) is 11.4 Å². The minimum atomic E-state index is -0.278. The van der Waals surface area contributed by atoms with Crippen LogP contribution in [0.15, 0.2) is 53.4 Å². The largest absolute Gasteiger partial charge is 0.364 e. The molecule has 26 heavy (non-hydrogen) atoms. The van der Waals surface area contributed by atoms with Crippen LogP contribution in [-0.4, -0.2) is 20.7 Å². The van der Waals surface area contributed by atoms with Gasteiger partial charge in [0.25, 0.3) is 0 Å². The van der Waals surface area contributed by atoms with E-state index >= 15 is 0 Å². The SMILES string of the molecule is N[C@@H](CCCCCC(=O)c1ccon1)c1ccn(-c2ccc(F)cc2)n1. The Kier molecular flexibility index (Phi) is 5.91. The minimum absolute atomic E-state index is 0.00101. The summed E-state index contributed by atoms with van der Waals surface area (Å²) in [5, 5.41) is 8.11. The van der Waals surface area contributed by atoms with Gasteiger partial charge in [-0.1, -0.05) is 18.0 Å². The number of rotatable bonds is 9. The monoisotopic (exact) mass is 356 g/mol. The number of nitrogens with zero attached hydrogens (tertiary/aromatic N) is 3.